The smallest absolute Gasteiger partial charge is 0.249 e. The fourth-order valence-electron chi connectivity index (χ4n) is 2.16. The molecule has 23 heavy (non-hydrogen) atoms. The lowest BCUT2D eigenvalue weighted by Crippen LogP contribution is -2.28. The highest BCUT2D eigenvalue weighted by Crippen LogP contribution is 2.19. The molecule has 1 amide bonds. The van der Waals surface area contributed by atoms with E-state index < -0.39 is 0 Å². The first-order valence-corrected chi connectivity index (χ1v) is 8.22. The van der Waals surface area contributed by atoms with Crippen LogP contribution in [0.5, 0.6) is 0 Å². The molecule has 0 unspecified atom stereocenters. The van der Waals surface area contributed by atoms with Gasteiger partial charge in [0.1, 0.15) is 6.04 Å². The van der Waals surface area contributed by atoms with E-state index in [1.165, 1.54) is 5.56 Å². The molecule has 118 valence electrons. The van der Waals surface area contributed by atoms with Crippen LogP contribution < -0.4 is 5.32 Å². The minimum atomic E-state index is -0.325. The van der Waals surface area contributed by atoms with Crippen LogP contribution in [-0.4, -0.2) is 16.0 Å². The van der Waals surface area contributed by atoms with Gasteiger partial charge in [-0.05, 0) is 25.3 Å². The fraction of sp³-hybridized carbons (Fsp3) is 0.235. The third-order valence-corrected chi connectivity index (χ3v) is 4.29. The molecule has 0 radical (unpaired) electrons. The highest BCUT2D eigenvalue weighted by Gasteiger charge is 2.17. The summed E-state index contributed by atoms with van der Waals surface area (Å²) in [7, 11) is 0. The summed E-state index contributed by atoms with van der Waals surface area (Å²) in [6.45, 7) is 3.86. The number of benzene rings is 1. The molecule has 3 rings (SSSR count). The number of thiophene rings is 1. The zero-order valence-electron chi connectivity index (χ0n) is 12.9. The molecule has 0 aliphatic rings. The Morgan fingerprint density at radius 3 is 2.78 bits per heavy atom. The quantitative estimate of drug-likeness (QED) is 0.778. The number of nitrogens with zero attached hydrogens (tertiary/aromatic N) is 2. The van der Waals surface area contributed by atoms with Crippen molar-refractivity contribution in [3.05, 3.63) is 58.1 Å². The highest BCUT2D eigenvalue weighted by molar-refractivity contribution is 7.10. The van der Waals surface area contributed by atoms with Crippen LogP contribution in [0.1, 0.15) is 29.3 Å². The van der Waals surface area contributed by atoms with Gasteiger partial charge in [0.25, 0.3) is 0 Å². The lowest BCUT2D eigenvalue weighted by Gasteiger charge is -2.08. The Balaban J connectivity index is 1.65. The Bertz CT molecular complexity index is 779. The predicted molar refractivity (Wildman–Crippen MR) is 89.1 cm³/mol. The van der Waals surface area contributed by atoms with Gasteiger partial charge in [-0.25, -0.2) is 0 Å². The van der Waals surface area contributed by atoms with Crippen molar-refractivity contribution >= 4 is 17.2 Å². The van der Waals surface area contributed by atoms with Crippen molar-refractivity contribution in [1.82, 2.24) is 15.5 Å². The van der Waals surface area contributed by atoms with Gasteiger partial charge in [0, 0.05) is 10.4 Å². The first kappa shape index (κ1) is 15.4. The van der Waals surface area contributed by atoms with Crippen molar-refractivity contribution in [2.75, 3.05) is 0 Å². The maximum absolute atomic E-state index is 12.0. The van der Waals surface area contributed by atoms with E-state index in [1.54, 1.807) is 11.3 Å². The van der Waals surface area contributed by atoms with Gasteiger partial charge in [-0.3, -0.25) is 4.79 Å². The van der Waals surface area contributed by atoms with Crippen LogP contribution in [-0.2, 0) is 11.2 Å². The molecular formula is C17H17N3O2S. The maximum atomic E-state index is 12.0. The Kier molecular flexibility index (Phi) is 4.52. The molecule has 5 nitrogen and oxygen atoms in total. The van der Waals surface area contributed by atoms with Crippen molar-refractivity contribution in [2.45, 2.75) is 26.3 Å². The van der Waals surface area contributed by atoms with Crippen LogP contribution >= 0.6 is 11.3 Å². The summed E-state index contributed by atoms with van der Waals surface area (Å²) in [6, 6.07) is 11.4. The van der Waals surface area contributed by atoms with E-state index in [-0.39, 0.29) is 11.9 Å². The summed E-state index contributed by atoms with van der Waals surface area (Å²) in [5.41, 5.74) is 2.06. The number of hydrogen-bond acceptors (Lipinski definition) is 5. The van der Waals surface area contributed by atoms with Crippen LogP contribution in [0.2, 0.25) is 0 Å². The topological polar surface area (TPSA) is 68.0 Å². The van der Waals surface area contributed by atoms with Gasteiger partial charge in [0.15, 0.2) is 0 Å². The number of carbonyl (C=O) groups excluding carboxylic acids is 1. The summed E-state index contributed by atoms with van der Waals surface area (Å²) in [5.74, 6) is 0.870. The van der Waals surface area contributed by atoms with Crippen molar-refractivity contribution < 1.29 is 9.32 Å². The second-order valence-corrected chi connectivity index (χ2v) is 6.40. The number of aromatic nitrogens is 2. The van der Waals surface area contributed by atoms with E-state index in [1.807, 2.05) is 55.6 Å². The molecule has 6 heteroatoms. The number of hydrogen-bond donors (Lipinski definition) is 1. The van der Waals surface area contributed by atoms with Crippen molar-refractivity contribution in [2.24, 2.45) is 0 Å². The second-order valence-electron chi connectivity index (χ2n) is 5.37. The van der Waals surface area contributed by atoms with Gasteiger partial charge in [-0.2, -0.15) is 4.98 Å². The fourth-order valence-corrected chi connectivity index (χ4v) is 2.86. The van der Waals surface area contributed by atoms with Gasteiger partial charge in [0.2, 0.25) is 17.6 Å². The molecule has 1 N–H and O–H groups in total. The van der Waals surface area contributed by atoms with Crippen molar-refractivity contribution in [3.8, 4) is 11.4 Å². The number of amides is 1. The summed E-state index contributed by atoms with van der Waals surface area (Å²) in [4.78, 5) is 17.4. The predicted octanol–water partition coefficient (Wildman–Crippen LogP) is 3.53. The Labute approximate surface area is 138 Å². The maximum Gasteiger partial charge on any atom is 0.249 e. The Hall–Kier alpha value is -2.47. The van der Waals surface area contributed by atoms with Crippen molar-refractivity contribution in [1.29, 1.82) is 0 Å². The molecule has 3 aromatic rings. The Morgan fingerprint density at radius 1 is 1.30 bits per heavy atom. The third-order valence-electron chi connectivity index (χ3n) is 3.41. The zero-order chi connectivity index (χ0) is 16.2. The second kappa shape index (κ2) is 6.75. The van der Waals surface area contributed by atoms with E-state index in [0.717, 1.165) is 10.4 Å². The number of carbonyl (C=O) groups is 1. The zero-order valence-corrected chi connectivity index (χ0v) is 13.8. The van der Waals surface area contributed by atoms with Gasteiger partial charge in [0.05, 0.1) is 6.42 Å². The molecule has 1 aromatic carbocycles. The van der Waals surface area contributed by atoms with Crippen LogP contribution in [0.4, 0.5) is 0 Å². The summed E-state index contributed by atoms with van der Waals surface area (Å²) in [5, 5.41) is 8.82. The summed E-state index contributed by atoms with van der Waals surface area (Å²) in [6.07, 6.45) is 0.362. The van der Waals surface area contributed by atoms with Crippen molar-refractivity contribution in [3.63, 3.8) is 0 Å². The van der Waals surface area contributed by atoms with Crippen LogP contribution in [0.25, 0.3) is 11.4 Å². The Morgan fingerprint density at radius 2 is 2.09 bits per heavy atom. The molecule has 2 heterocycles. The monoisotopic (exact) mass is 327 g/mol. The molecule has 2 aromatic heterocycles. The van der Waals surface area contributed by atoms with E-state index in [4.69, 9.17) is 4.52 Å². The molecule has 0 aliphatic carbocycles. The molecule has 0 aliphatic heterocycles. The SMILES string of the molecule is Cc1ccc(-c2noc([C@H](C)NC(=O)Cc3cccs3)n2)cc1. The number of rotatable bonds is 5. The van der Waals surface area contributed by atoms with E-state index in [0.29, 0.717) is 18.1 Å². The van der Waals surface area contributed by atoms with E-state index in [9.17, 15) is 4.79 Å². The normalized spacial score (nSPS) is 12.1. The van der Waals surface area contributed by atoms with E-state index >= 15 is 0 Å². The molecular weight excluding hydrogens is 310 g/mol. The van der Waals surface area contributed by atoms with Gasteiger partial charge < -0.3 is 9.84 Å². The average Bonchev–Trinajstić information content (AvgIpc) is 3.19. The van der Waals surface area contributed by atoms with Crippen LogP contribution in [0.3, 0.4) is 0 Å². The van der Waals surface area contributed by atoms with Gasteiger partial charge in [-0.1, -0.05) is 41.1 Å². The summed E-state index contributed by atoms with van der Waals surface area (Å²) < 4.78 is 5.27. The standard InChI is InChI=1S/C17H17N3O2S/c1-11-5-7-13(8-6-11)16-19-17(22-20-16)12(2)18-15(21)10-14-4-3-9-23-14/h3-9,12H,10H2,1-2H3,(H,18,21)/t12-/m0/s1. The molecule has 1 atom stereocenters. The molecule has 0 saturated heterocycles. The first-order chi connectivity index (χ1) is 11.1. The highest BCUT2D eigenvalue weighted by atomic mass is 32.1. The average molecular weight is 327 g/mol. The van der Waals surface area contributed by atoms with Crippen LogP contribution in [0, 0.1) is 6.92 Å². The number of aryl methyl sites for hydroxylation is 1. The van der Waals surface area contributed by atoms with Gasteiger partial charge >= 0.3 is 0 Å². The minimum Gasteiger partial charge on any atom is -0.344 e. The number of nitrogens with one attached hydrogen (secondary N) is 1. The molecule has 0 spiro atoms. The molecule has 0 fully saturated rings. The first-order valence-electron chi connectivity index (χ1n) is 7.34. The summed E-state index contributed by atoms with van der Waals surface area (Å²) >= 11 is 1.56. The molecule has 0 saturated carbocycles. The third kappa shape index (κ3) is 3.84. The lowest BCUT2D eigenvalue weighted by molar-refractivity contribution is -0.121. The lowest BCUT2D eigenvalue weighted by atomic mass is 10.1. The largest absolute Gasteiger partial charge is 0.344 e. The minimum absolute atomic E-state index is 0.0602. The van der Waals surface area contributed by atoms with Gasteiger partial charge in [-0.15, -0.1) is 11.3 Å². The van der Waals surface area contributed by atoms with Crippen LogP contribution in [0.15, 0.2) is 46.3 Å². The van der Waals surface area contributed by atoms with E-state index in [2.05, 4.69) is 15.5 Å². The molecule has 0 bridgehead atoms.